The maximum atomic E-state index is 13.2. The third-order valence-electron chi connectivity index (χ3n) is 6.01. The molecule has 0 spiro atoms. The number of anilines is 1. The van der Waals surface area contributed by atoms with Crippen LogP contribution in [0, 0.1) is 5.92 Å². The van der Waals surface area contributed by atoms with E-state index in [0.717, 1.165) is 17.9 Å². The molecule has 2 aromatic carbocycles. The second kappa shape index (κ2) is 8.38. The highest BCUT2D eigenvalue weighted by molar-refractivity contribution is 6.05. The molecule has 1 fully saturated rings. The average Bonchev–Trinajstić information content (AvgIpc) is 3.21. The minimum atomic E-state index is -4.46. The summed E-state index contributed by atoms with van der Waals surface area (Å²) >= 11 is 0. The first-order valence-electron chi connectivity index (χ1n) is 10.7. The number of nitrogens with zero attached hydrogens (tertiary/aromatic N) is 3. The lowest BCUT2D eigenvalue weighted by molar-refractivity contribution is -0.138. The normalized spacial score (nSPS) is 16.9. The molecule has 1 saturated heterocycles. The first-order chi connectivity index (χ1) is 15.9. The van der Waals surface area contributed by atoms with Gasteiger partial charge in [-0.3, -0.25) is 4.79 Å². The lowest BCUT2D eigenvalue weighted by atomic mass is 9.96. The van der Waals surface area contributed by atoms with Crippen molar-refractivity contribution in [3.8, 4) is 0 Å². The number of carbonyl (C=O) groups is 1. The first-order valence-corrected chi connectivity index (χ1v) is 10.7. The molecule has 1 atom stereocenters. The van der Waals surface area contributed by atoms with E-state index < -0.39 is 11.7 Å². The van der Waals surface area contributed by atoms with Gasteiger partial charge in [-0.05, 0) is 36.6 Å². The van der Waals surface area contributed by atoms with Crippen molar-refractivity contribution >= 4 is 33.8 Å². The van der Waals surface area contributed by atoms with Gasteiger partial charge in [0.1, 0.15) is 17.4 Å². The van der Waals surface area contributed by atoms with Gasteiger partial charge in [-0.2, -0.15) is 13.2 Å². The van der Waals surface area contributed by atoms with Crippen LogP contribution in [0.3, 0.4) is 0 Å². The molecule has 0 bridgehead atoms. The number of amides is 1. The van der Waals surface area contributed by atoms with Gasteiger partial charge >= 0.3 is 6.18 Å². The molecule has 1 N–H and O–H groups in total. The first kappa shape index (κ1) is 21.2. The summed E-state index contributed by atoms with van der Waals surface area (Å²) in [5, 5.41) is 3.58. The smallest absolute Gasteiger partial charge is 0.416 e. The second-order valence-corrected chi connectivity index (χ2v) is 8.13. The Bertz CT molecular complexity index is 1320. The van der Waals surface area contributed by atoms with E-state index in [9.17, 15) is 18.0 Å². The number of hydrogen-bond acceptors (Lipinski definition) is 5. The molecule has 1 amide bonds. The fourth-order valence-electron chi connectivity index (χ4n) is 4.40. The highest BCUT2D eigenvalue weighted by Crippen LogP contribution is 2.34. The topological polar surface area (TPSA) is 71.3 Å². The third kappa shape index (κ3) is 4.10. The van der Waals surface area contributed by atoms with Crippen molar-refractivity contribution in [1.29, 1.82) is 0 Å². The summed E-state index contributed by atoms with van der Waals surface area (Å²) in [4.78, 5) is 23.6. The van der Waals surface area contributed by atoms with Crippen LogP contribution in [0.15, 0.2) is 59.3 Å². The molecule has 33 heavy (non-hydrogen) atoms. The Labute approximate surface area is 187 Å². The van der Waals surface area contributed by atoms with Crippen LogP contribution in [-0.4, -0.2) is 29.0 Å². The number of alkyl halides is 3. The zero-order chi connectivity index (χ0) is 23.0. The van der Waals surface area contributed by atoms with Crippen molar-refractivity contribution in [3.05, 3.63) is 66.0 Å². The summed E-state index contributed by atoms with van der Waals surface area (Å²) in [6, 6.07) is 12.9. The number of fused-ring (bicyclic) bond motifs is 3. The monoisotopic (exact) mass is 454 g/mol. The number of hydrogen-bond donors (Lipinski definition) is 1. The van der Waals surface area contributed by atoms with Crippen molar-refractivity contribution in [2.75, 3.05) is 18.0 Å². The summed E-state index contributed by atoms with van der Waals surface area (Å²) in [7, 11) is 0. The molecule has 3 heterocycles. The number of nitrogens with one attached hydrogen (secondary N) is 1. The lowest BCUT2D eigenvalue weighted by Crippen LogP contribution is -2.43. The SMILES string of the molecule is O=C(NCc1ccccc1C(F)(F)F)[C@@H]1CCCN(c2ncnc3c2oc2ccccc23)C1. The van der Waals surface area contributed by atoms with Gasteiger partial charge < -0.3 is 14.6 Å². The van der Waals surface area contributed by atoms with Crippen LogP contribution in [0.2, 0.25) is 0 Å². The molecule has 5 rings (SSSR count). The summed E-state index contributed by atoms with van der Waals surface area (Å²) < 4.78 is 45.7. The predicted molar refractivity (Wildman–Crippen MR) is 118 cm³/mol. The van der Waals surface area contributed by atoms with E-state index in [0.29, 0.717) is 42.0 Å². The third-order valence-corrected chi connectivity index (χ3v) is 6.01. The van der Waals surface area contributed by atoms with Crippen LogP contribution >= 0.6 is 0 Å². The molecule has 0 unspecified atom stereocenters. The standard InChI is InChI=1S/C24H21F3N4O2/c25-24(26,27)18-9-3-1-6-15(18)12-28-23(32)16-7-5-11-31(13-16)22-21-20(29-14-30-22)17-8-2-4-10-19(17)33-21/h1-4,6,8-10,14,16H,5,7,11-13H2,(H,28,32)/t16-/m1/s1. The molecule has 4 aromatic rings. The molecule has 0 saturated carbocycles. The molecule has 0 aliphatic carbocycles. The largest absolute Gasteiger partial charge is 0.450 e. The van der Waals surface area contributed by atoms with Gasteiger partial charge in [0.15, 0.2) is 11.4 Å². The molecular formula is C24H21F3N4O2. The van der Waals surface area contributed by atoms with E-state index in [1.54, 1.807) is 0 Å². The second-order valence-electron chi connectivity index (χ2n) is 8.13. The zero-order valence-corrected chi connectivity index (χ0v) is 17.6. The number of furan rings is 1. The molecule has 1 aliphatic heterocycles. The van der Waals surface area contributed by atoms with Gasteiger partial charge in [-0.15, -0.1) is 0 Å². The van der Waals surface area contributed by atoms with Crippen molar-refractivity contribution in [1.82, 2.24) is 15.3 Å². The molecule has 170 valence electrons. The number of aromatic nitrogens is 2. The quantitative estimate of drug-likeness (QED) is 0.474. The Hall–Kier alpha value is -3.62. The minimum Gasteiger partial charge on any atom is -0.450 e. The molecule has 2 aromatic heterocycles. The Morgan fingerprint density at radius 1 is 1.12 bits per heavy atom. The Morgan fingerprint density at radius 2 is 1.91 bits per heavy atom. The average molecular weight is 454 g/mol. The van der Waals surface area contributed by atoms with Crippen molar-refractivity contribution in [3.63, 3.8) is 0 Å². The van der Waals surface area contributed by atoms with Crippen molar-refractivity contribution in [2.24, 2.45) is 5.92 Å². The number of carbonyl (C=O) groups excluding carboxylic acids is 1. The maximum absolute atomic E-state index is 13.2. The Kier molecular flexibility index (Phi) is 5.39. The highest BCUT2D eigenvalue weighted by atomic mass is 19.4. The van der Waals surface area contributed by atoms with Gasteiger partial charge in [-0.1, -0.05) is 30.3 Å². The van der Waals surface area contributed by atoms with E-state index in [-0.39, 0.29) is 23.9 Å². The van der Waals surface area contributed by atoms with E-state index in [1.165, 1.54) is 24.5 Å². The predicted octanol–water partition coefficient (Wildman–Crippen LogP) is 4.93. The Morgan fingerprint density at radius 3 is 2.76 bits per heavy atom. The Balaban J connectivity index is 1.33. The molecule has 0 radical (unpaired) electrons. The van der Waals surface area contributed by atoms with Crippen LogP contribution < -0.4 is 10.2 Å². The summed E-state index contributed by atoms with van der Waals surface area (Å²) in [6.45, 7) is 0.923. The lowest BCUT2D eigenvalue weighted by Gasteiger charge is -2.32. The van der Waals surface area contributed by atoms with Crippen LogP contribution in [0.25, 0.3) is 22.1 Å². The van der Waals surface area contributed by atoms with Crippen molar-refractivity contribution in [2.45, 2.75) is 25.6 Å². The number of halogens is 3. The summed E-state index contributed by atoms with van der Waals surface area (Å²) in [5.74, 6) is -0.0195. The van der Waals surface area contributed by atoms with Gasteiger partial charge in [0.2, 0.25) is 5.91 Å². The van der Waals surface area contributed by atoms with Gasteiger partial charge in [0.05, 0.1) is 11.5 Å². The molecular weight excluding hydrogens is 433 g/mol. The maximum Gasteiger partial charge on any atom is 0.416 e. The number of para-hydroxylation sites is 1. The van der Waals surface area contributed by atoms with Crippen LogP contribution in [-0.2, 0) is 17.5 Å². The zero-order valence-electron chi connectivity index (χ0n) is 17.6. The summed E-state index contributed by atoms with van der Waals surface area (Å²) in [6.07, 6.45) is -1.58. The number of benzene rings is 2. The molecule has 6 nitrogen and oxygen atoms in total. The van der Waals surface area contributed by atoms with Crippen LogP contribution in [0.1, 0.15) is 24.0 Å². The molecule has 1 aliphatic rings. The number of rotatable bonds is 4. The van der Waals surface area contributed by atoms with Gasteiger partial charge in [0.25, 0.3) is 0 Å². The fourth-order valence-corrected chi connectivity index (χ4v) is 4.40. The highest BCUT2D eigenvalue weighted by Gasteiger charge is 2.33. The minimum absolute atomic E-state index is 0.0470. The summed E-state index contributed by atoms with van der Waals surface area (Å²) in [5.41, 5.74) is 1.31. The fraction of sp³-hybridized carbons (Fsp3) is 0.292. The van der Waals surface area contributed by atoms with E-state index in [2.05, 4.69) is 15.3 Å². The van der Waals surface area contributed by atoms with Crippen molar-refractivity contribution < 1.29 is 22.4 Å². The van der Waals surface area contributed by atoms with E-state index >= 15 is 0 Å². The van der Waals surface area contributed by atoms with Crippen LogP contribution in [0.4, 0.5) is 19.0 Å². The van der Waals surface area contributed by atoms with Crippen LogP contribution in [0.5, 0.6) is 0 Å². The van der Waals surface area contributed by atoms with E-state index in [1.807, 2.05) is 29.2 Å². The molecule has 9 heteroatoms. The van der Waals surface area contributed by atoms with Gasteiger partial charge in [-0.25, -0.2) is 9.97 Å². The van der Waals surface area contributed by atoms with Gasteiger partial charge in [0, 0.05) is 25.0 Å². The number of piperidine rings is 1. The van der Waals surface area contributed by atoms with E-state index in [4.69, 9.17) is 4.42 Å².